The SMILES string of the molecule is O=C(CN1CCN(C(=O)c2cc(C(F)(F)F)cc(C(F)(F)F)c2)C(Cc2c[nH]c3ccccc23)C1)Nn1cccc1. The number of carbonyl (C=O) groups excluding carboxylic acids is 2. The second kappa shape index (κ2) is 11.0. The Balaban J connectivity index is 1.44. The largest absolute Gasteiger partial charge is 0.416 e. The van der Waals surface area contributed by atoms with Gasteiger partial charge in [0.2, 0.25) is 0 Å². The van der Waals surface area contributed by atoms with Gasteiger partial charge in [-0.2, -0.15) is 26.3 Å². The van der Waals surface area contributed by atoms with Crippen molar-refractivity contribution in [2.75, 3.05) is 31.6 Å². The van der Waals surface area contributed by atoms with Crippen LogP contribution in [0.3, 0.4) is 0 Å². The van der Waals surface area contributed by atoms with Crippen molar-refractivity contribution < 1.29 is 35.9 Å². The summed E-state index contributed by atoms with van der Waals surface area (Å²) in [7, 11) is 0. The number of H-pyrrole nitrogens is 1. The standard InChI is InChI=1S/C28H25F6N5O2/c29-27(30,31)20-11-18(12-21(14-20)28(32,33)34)26(41)39-10-9-37(17-25(40)36-38-7-3-4-8-38)16-22(39)13-19-15-35-24-6-2-1-5-23(19)24/h1-8,11-12,14-15,22,35H,9-10,13,16-17H2,(H,36,40). The minimum atomic E-state index is -5.08. The number of piperazine rings is 1. The van der Waals surface area contributed by atoms with Crippen molar-refractivity contribution in [2.45, 2.75) is 24.8 Å². The molecule has 4 aromatic rings. The number of aromatic amines is 1. The highest BCUT2D eigenvalue weighted by molar-refractivity contribution is 5.95. The lowest BCUT2D eigenvalue weighted by Gasteiger charge is -2.41. The van der Waals surface area contributed by atoms with Crippen LogP contribution >= 0.6 is 0 Å². The lowest BCUT2D eigenvalue weighted by atomic mass is 9.98. The summed E-state index contributed by atoms with van der Waals surface area (Å²) >= 11 is 0. The summed E-state index contributed by atoms with van der Waals surface area (Å²) in [6, 6.07) is 11.2. The normalized spacial score (nSPS) is 16.7. The fraction of sp³-hybridized carbons (Fsp3) is 0.286. The number of fused-ring (bicyclic) bond motifs is 1. The fourth-order valence-electron chi connectivity index (χ4n) is 5.10. The van der Waals surface area contributed by atoms with Crippen molar-refractivity contribution in [3.05, 3.63) is 95.4 Å². The van der Waals surface area contributed by atoms with Gasteiger partial charge in [-0.25, -0.2) is 0 Å². The molecule has 216 valence electrons. The zero-order valence-electron chi connectivity index (χ0n) is 21.5. The molecular weight excluding hydrogens is 552 g/mol. The third kappa shape index (κ3) is 6.40. The number of amides is 2. The van der Waals surface area contributed by atoms with Crippen LogP contribution < -0.4 is 5.43 Å². The molecule has 0 radical (unpaired) electrons. The first kappa shape index (κ1) is 28.3. The molecule has 1 aliphatic rings. The number of nitrogens with one attached hydrogen (secondary N) is 2. The first-order valence-corrected chi connectivity index (χ1v) is 12.7. The maximum atomic E-state index is 13.6. The fourth-order valence-corrected chi connectivity index (χ4v) is 5.10. The number of hydrogen-bond donors (Lipinski definition) is 2. The molecule has 3 heterocycles. The van der Waals surface area contributed by atoms with Crippen molar-refractivity contribution >= 4 is 22.7 Å². The third-order valence-corrected chi connectivity index (χ3v) is 7.02. The van der Waals surface area contributed by atoms with Crippen molar-refractivity contribution in [2.24, 2.45) is 0 Å². The molecule has 0 aliphatic carbocycles. The van der Waals surface area contributed by atoms with Gasteiger partial charge in [0, 0.05) is 60.7 Å². The van der Waals surface area contributed by atoms with Gasteiger partial charge in [-0.3, -0.25) is 24.6 Å². The first-order chi connectivity index (χ1) is 19.4. The molecule has 1 aliphatic heterocycles. The summed E-state index contributed by atoms with van der Waals surface area (Å²) in [6.07, 6.45) is -4.83. The predicted octanol–water partition coefficient (Wildman–Crippen LogP) is 5.15. The lowest BCUT2D eigenvalue weighted by molar-refractivity contribution is -0.143. The highest BCUT2D eigenvalue weighted by Crippen LogP contribution is 2.37. The molecule has 2 aromatic heterocycles. The van der Waals surface area contributed by atoms with E-state index in [0.29, 0.717) is 12.1 Å². The average molecular weight is 578 g/mol. The van der Waals surface area contributed by atoms with Crippen LogP contribution in [0.1, 0.15) is 27.0 Å². The van der Waals surface area contributed by atoms with Gasteiger partial charge in [-0.05, 0) is 48.4 Å². The molecule has 1 atom stereocenters. The van der Waals surface area contributed by atoms with Crippen LogP contribution in [0, 0.1) is 0 Å². The molecule has 0 saturated carbocycles. The number of nitrogens with zero attached hydrogens (tertiary/aromatic N) is 3. The lowest BCUT2D eigenvalue weighted by Crippen LogP contribution is -2.57. The van der Waals surface area contributed by atoms with Gasteiger partial charge >= 0.3 is 12.4 Å². The van der Waals surface area contributed by atoms with Crippen LogP contribution in [-0.4, -0.2) is 63.5 Å². The van der Waals surface area contributed by atoms with Crippen molar-refractivity contribution in [3.8, 4) is 0 Å². The molecule has 1 fully saturated rings. The quantitative estimate of drug-likeness (QED) is 0.312. The molecular formula is C28H25F6N5O2. The highest BCUT2D eigenvalue weighted by Gasteiger charge is 2.39. The van der Waals surface area contributed by atoms with E-state index >= 15 is 0 Å². The van der Waals surface area contributed by atoms with Crippen molar-refractivity contribution in [3.63, 3.8) is 0 Å². The summed E-state index contributed by atoms with van der Waals surface area (Å²) < 4.78 is 82.4. The summed E-state index contributed by atoms with van der Waals surface area (Å²) in [5, 5.41) is 0.876. The van der Waals surface area contributed by atoms with Crippen LogP contribution in [0.4, 0.5) is 26.3 Å². The Morgan fingerprint density at radius 2 is 1.56 bits per heavy atom. The van der Waals surface area contributed by atoms with Crippen LogP contribution in [0.25, 0.3) is 10.9 Å². The number of halogens is 6. The van der Waals surface area contributed by atoms with E-state index in [1.807, 2.05) is 24.3 Å². The molecule has 2 N–H and O–H groups in total. The minimum Gasteiger partial charge on any atom is -0.361 e. The second-order valence-corrected chi connectivity index (χ2v) is 9.87. The van der Waals surface area contributed by atoms with Crippen LogP contribution in [0.5, 0.6) is 0 Å². The van der Waals surface area contributed by atoms with E-state index in [1.165, 1.54) is 9.58 Å². The van der Waals surface area contributed by atoms with E-state index in [2.05, 4.69) is 10.4 Å². The smallest absolute Gasteiger partial charge is 0.361 e. The van der Waals surface area contributed by atoms with E-state index in [1.54, 1.807) is 35.6 Å². The summed E-state index contributed by atoms with van der Waals surface area (Å²) in [4.78, 5) is 32.4. The van der Waals surface area contributed by atoms with Gasteiger partial charge in [0.1, 0.15) is 0 Å². The number of aromatic nitrogens is 2. The Hall–Kier alpha value is -4.26. The number of rotatable bonds is 6. The summed E-state index contributed by atoms with van der Waals surface area (Å²) in [5.41, 5.74) is 0.550. The molecule has 13 heteroatoms. The maximum absolute atomic E-state index is 13.6. The molecule has 7 nitrogen and oxygen atoms in total. The van der Waals surface area contributed by atoms with E-state index in [9.17, 15) is 35.9 Å². The number of alkyl halides is 6. The zero-order chi connectivity index (χ0) is 29.4. The Morgan fingerprint density at radius 3 is 2.22 bits per heavy atom. The van der Waals surface area contributed by atoms with E-state index < -0.39 is 41.0 Å². The summed E-state index contributed by atoms with van der Waals surface area (Å²) in [6.45, 7) is 0.350. The monoisotopic (exact) mass is 577 g/mol. The van der Waals surface area contributed by atoms with Gasteiger partial charge in [-0.15, -0.1) is 0 Å². The topological polar surface area (TPSA) is 73.4 Å². The average Bonchev–Trinajstić information content (AvgIpc) is 3.57. The Bertz CT molecular complexity index is 1510. The van der Waals surface area contributed by atoms with Gasteiger partial charge < -0.3 is 9.88 Å². The second-order valence-electron chi connectivity index (χ2n) is 9.87. The van der Waals surface area contributed by atoms with E-state index in [-0.39, 0.29) is 44.6 Å². The Kier molecular flexibility index (Phi) is 7.56. The molecule has 0 spiro atoms. The number of para-hydroxylation sites is 1. The third-order valence-electron chi connectivity index (χ3n) is 7.02. The summed E-state index contributed by atoms with van der Waals surface area (Å²) in [5.74, 6) is -1.26. The molecule has 0 bridgehead atoms. The predicted molar refractivity (Wildman–Crippen MR) is 139 cm³/mol. The van der Waals surface area contributed by atoms with E-state index in [4.69, 9.17) is 0 Å². The molecule has 5 rings (SSSR count). The van der Waals surface area contributed by atoms with Crippen molar-refractivity contribution in [1.82, 2.24) is 19.5 Å². The Morgan fingerprint density at radius 1 is 0.902 bits per heavy atom. The minimum absolute atomic E-state index is 0.000250. The van der Waals surface area contributed by atoms with Crippen LogP contribution in [0.2, 0.25) is 0 Å². The molecule has 41 heavy (non-hydrogen) atoms. The molecule has 1 unspecified atom stereocenters. The van der Waals surface area contributed by atoms with Gasteiger partial charge in [0.15, 0.2) is 0 Å². The van der Waals surface area contributed by atoms with Crippen molar-refractivity contribution in [1.29, 1.82) is 0 Å². The number of benzene rings is 2. The van der Waals surface area contributed by atoms with Gasteiger partial charge in [-0.1, -0.05) is 18.2 Å². The molecule has 2 aromatic carbocycles. The Labute approximate surface area is 230 Å². The van der Waals surface area contributed by atoms with E-state index in [0.717, 1.165) is 16.5 Å². The highest BCUT2D eigenvalue weighted by atomic mass is 19.4. The number of carbonyl (C=O) groups is 2. The zero-order valence-corrected chi connectivity index (χ0v) is 21.5. The maximum Gasteiger partial charge on any atom is 0.416 e. The van der Waals surface area contributed by atoms with Crippen LogP contribution in [0.15, 0.2) is 73.2 Å². The molecule has 1 saturated heterocycles. The first-order valence-electron chi connectivity index (χ1n) is 12.7. The molecule has 2 amide bonds. The van der Waals surface area contributed by atoms with Gasteiger partial charge in [0.25, 0.3) is 11.8 Å². The van der Waals surface area contributed by atoms with Crippen LogP contribution in [-0.2, 0) is 23.6 Å². The van der Waals surface area contributed by atoms with Gasteiger partial charge in [0.05, 0.1) is 17.7 Å². The number of hydrogen-bond acceptors (Lipinski definition) is 3.